The molecule has 1 aromatic rings. The lowest BCUT2D eigenvalue weighted by molar-refractivity contribution is 0.464. The molecule has 0 aliphatic rings. The van der Waals surface area contributed by atoms with E-state index in [1.165, 1.54) is 0 Å². The Morgan fingerprint density at radius 2 is 2.10 bits per heavy atom. The molecule has 1 heterocycles. The van der Waals surface area contributed by atoms with Crippen LogP contribution in [0.5, 0.6) is 5.75 Å². The molecule has 0 spiro atoms. The molecule has 0 atom stereocenters. The maximum absolute atomic E-state index is 9.20. The molecule has 10 heavy (non-hydrogen) atoms. The predicted molar refractivity (Wildman–Crippen MR) is 46.0 cm³/mol. The molecule has 0 aromatic carbocycles. The molecule has 0 saturated heterocycles. The van der Waals surface area contributed by atoms with Crippen molar-refractivity contribution in [2.24, 2.45) is 0 Å². The van der Waals surface area contributed by atoms with Crippen molar-refractivity contribution < 1.29 is 5.11 Å². The third-order valence-electron chi connectivity index (χ3n) is 1.09. The van der Waals surface area contributed by atoms with Crippen molar-refractivity contribution in [1.29, 1.82) is 0 Å². The van der Waals surface area contributed by atoms with Gasteiger partial charge in [0.1, 0.15) is 4.60 Å². The van der Waals surface area contributed by atoms with Crippen LogP contribution in [0, 0.1) is 6.92 Å². The lowest BCUT2D eigenvalue weighted by atomic mass is 10.3. The van der Waals surface area contributed by atoms with Crippen LogP contribution in [-0.2, 0) is 0 Å². The summed E-state index contributed by atoms with van der Waals surface area (Å²) >= 11 is 6.37. The second-order valence-corrected chi connectivity index (χ2v) is 3.53. The fourth-order valence-electron chi connectivity index (χ4n) is 0.591. The van der Waals surface area contributed by atoms with Crippen LogP contribution in [0.2, 0.25) is 0 Å². The van der Waals surface area contributed by atoms with E-state index in [0.717, 1.165) is 4.60 Å². The lowest BCUT2D eigenvalue weighted by Gasteiger charge is -1.99. The summed E-state index contributed by atoms with van der Waals surface area (Å²) in [7, 11) is 0. The summed E-state index contributed by atoms with van der Waals surface area (Å²) in [5, 5.41) is 9.20. The van der Waals surface area contributed by atoms with Crippen LogP contribution in [0.25, 0.3) is 0 Å². The van der Waals surface area contributed by atoms with Crippen LogP contribution in [0.4, 0.5) is 0 Å². The Kier molecular flexibility index (Phi) is 2.31. The van der Waals surface area contributed by atoms with Gasteiger partial charge < -0.3 is 5.11 Å². The quantitative estimate of drug-likeness (QED) is 0.733. The van der Waals surface area contributed by atoms with Gasteiger partial charge in [-0.05, 0) is 44.8 Å². The van der Waals surface area contributed by atoms with E-state index in [4.69, 9.17) is 0 Å². The second-order valence-electron chi connectivity index (χ2n) is 1.86. The first-order chi connectivity index (χ1) is 4.61. The molecule has 1 rings (SSSR count). The van der Waals surface area contributed by atoms with Crippen molar-refractivity contribution in [3.05, 3.63) is 20.8 Å². The first-order valence-electron chi connectivity index (χ1n) is 2.63. The largest absolute Gasteiger partial charge is 0.505 e. The zero-order valence-corrected chi connectivity index (χ0v) is 8.40. The lowest BCUT2D eigenvalue weighted by Crippen LogP contribution is -1.83. The maximum atomic E-state index is 9.20. The van der Waals surface area contributed by atoms with E-state index in [2.05, 4.69) is 36.8 Å². The Bertz CT molecular complexity index is 239. The van der Waals surface area contributed by atoms with Gasteiger partial charge in [-0.3, -0.25) is 0 Å². The molecule has 0 aliphatic carbocycles. The number of aromatic nitrogens is 1. The van der Waals surface area contributed by atoms with E-state index < -0.39 is 0 Å². The Hall–Kier alpha value is -0.0900. The average Bonchev–Trinajstić information content (AvgIpc) is 1.82. The van der Waals surface area contributed by atoms with E-state index in [1.807, 2.05) is 0 Å². The minimum atomic E-state index is 0.197. The van der Waals surface area contributed by atoms with Gasteiger partial charge in [-0.25, -0.2) is 4.98 Å². The number of nitrogens with zero attached hydrogens (tertiary/aromatic N) is 1. The topological polar surface area (TPSA) is 33.1 Å². The van der Waals surface area contributed by atoms with Gasteiger partial charge in [-0.2, -0.15) is 0 Å². The van der Waals surface area contributed by atoms with Gasteiger partial charge in [0.05, 0.1) is 10.2 Å². The van der Waals surface area contributed by atoms with Crippen molar-refractivity contribution in [2.75, 3.05) is 0 Å². The van der Waals surface area contributed by atoms with E-state index in [9.17, 15) is 5.11 Å². The molecule has 54 valence electrons. The van der Waals surface area contributed by atoms with Gasteiger partial charge in [0, 0.05) is 0 Å². The molecular weight excluding hydrogens is 262 g/mol. The van der Waals surface area contributed by atoms with Crippen LogP contribution in [0.3, 0.4) is 0 Å². The summed E-state index contributed by atoms with van der Waals surface area (Å²) in [6, 6.07) is 1.70. The molecular formula is C6H5Br2NO. The third-order valence-corrected chi connectivity index (χ3v) is 2.10. The molecule has 0 unspecified atom stereocenters. The van der Waals surface area contributed by atoms with Crippen LogP contribution >= 0.6 is 31.9 Å². The van der Waals surface area contributed by atoms with Gasteiger partial charge in [0.2, 0.25) is 0 Å². The Balaban J connectivity index is 3.31. The molecule has 4 heteroatoms. The first-order valence-corrected chi connectivity index (χ1v) is 4.21. The van der Waals surface area contributed by atoms with E-state index in [1.54, 1.807) is 13.0 Å². The monoisotopic (exact) mass is 265 g/mol. The van der Waals surface area contributed by atoms with Crippen LogP contribution < -0.4 is 0 Å². The summed E-state index contributed by atoms with van der Waals surface area (Å²) in [4.78, 5) is 3.97. The summed E-state index contributed by atoms with van der Waals surface area (Å²) in [5.74, 6) is 0.197. The highest BCUT2D eigenvalue weighted by molar-refractivity contribution is 9.11. The molecule has 0 aliphatic heterocycles. The van der Waals surface area contributed by atoms with Gasteiger partial charge >= 0.3 is 0 Å². The fourth-order valence-corrected chi connectivity index (χ4v) is 1.90. The normalized spacial score (nSPS) is 9.90. The van der Waals surface area contributed by atoms with E-state index >= 15 is 0 Å². The Labute approximate surface area is 75.5 Å². The molecule has 2 nitrogen and oxygen atoms in total. The highest BCUT2D eigenvalue weighted by atomic mass is 79.9. The number of pyridine rings is 1. The smallest absolute Gasteiger partial charge is 0.151 e. The van der Waals surface area contributed by atoms with Gasteiger partial charge in [0.25, 0.3) is 0 Å². The van der Waals surface area contributed by atoms with Crippen LogP contribution in [0.1, 0.15) is 5.69 Å². The Morgan fingerprint density at radius 1 is 1.50 bits per heavy atom. The first kappa shape index (κ1) is 8.01. The van der Waals surface area contributed by atoms with Gasteiger partial charge in [-0.1, -0.05) is 0 Å². The molecule has 0 bridgehead atoms. The maximum Gasteiger partial charge on any atom is 0.151 e. The molecule has 0 amide bonds. The second kappa shape index (κ2) is 2.88. The molecule has 0 saturated carbocycles. The highest BCUT2D eigenvalue weighted by Gasteiger charge is 2.03. The van der Waals surface area contributed by atoms with Crippen LogP contribution in [0.15, 0.2) is 15.1 Å². The third kappa shape index (κ3) is 1.49. The highest BCUT2D eigenvalue weighted by Crippen LogP contribution is 2.28. The zero-order chi connectivity index (χ0) is 7.72. The van der Waals surface area contributed by atoms with Crippen LogP contribution in [-0.4, -0.2) is 10.1 Å². The van der Waals surface area contributed by atoms with Crippen molar-refractivity contribution in [2.45, 2.75) is 6.92 Å². The summed E-state index contributed by atoms with van der Waals surface area (Å²) in [6.07, 6.45) is 0. The molecule has 1 N–H and O–H groups in total. The number of hydrogen-bond acceptors (Lipinski definition) is 2. The Morgan fingerprint density at radius 3 is 2.60 bits per heavy atom. The number of aromatic hydroxyl groups is 1. The van der Waals surface area contributed by atoms with Crippen molar-refractivity contribution in [3.63, 3.8) is 0 Å². The average molecular weight is 267 g/mol. The summed E-state index contributed by atoms with van der Waals surface area (Å²) in [5.41, 5.74) is 0.612. The van der Waals surface area contributed by atoms with Gasteiger partial charge in [0.15, 0.2) is 5.75 Å². The zero-order valence-electron chi connectivity index (χ0n) is 5.23. The SMILES string of the molecule is Cc1nc(Br)cc(Br)c1O. The van der Waals surface area contributed by atoms with Crippen molar-refractivity contribution in [1.82, 2.24) is 4.98 Å². The number of hydrogen-bond donors (Lipinski definition) is 1. The number of aryl methyl sites for hydroxylation is 1. The van der Waals surface area contributed by atoms with Crippen molar-refractivity contribution >= 4 is 31.9 Å². The number of halogens is 2. The summed E-state index contributed by atoms with van der Waals surface area (Å²) < 4.78 is 1.38. The van der Waals surface area contributed by atoms with Crippen molar-refractivity contribution in [3.8, 4) is 5.75 Å². The van der Waals surface area contributed by atoms with Gasteiger partial charge in [-0.15, -0.1) is 0 Å². The minimum absolute atomic E-state index is 0.197. The molecule has 1 aromatic heterocycles. The standard InChI is InChI=1S/C6H5Br2NO/c1-3-6(10)4(7)2-5(8)9-3/h2,10H,1H3. The minimum Gasteiger partial charge on any atom is -0.505 e. The number of rotatable bonds is 0. The summed E-state index contributed by atoms with van der Waals surface area (Å²) in [6.45, 7) is 1.74. The molecule has 0 fully saturated rings. The fraction of sp³-hybridized carbons (Fsp3) is 0.167. The molecule has 0 radical (unpaired) electrons. The van der Waals surface area contributed by atoms with E-state index in [0.29, 0.717) is 10.2 Å². The predicted octanol–water partition coefficient (Wildman–Crippen LogP) is 2.62. The van der Waals surface area contributed by atoms with E-state index in [-0.39, 0.29) is 5.75 Å².